The molecule has 5 fully saturated rings. The van der Waals surface area contributed by atoms with Crippen LogP contribution in [0.5, 0.6) is 0 Å². The summed E-state index contributed by atoms with van der Waals surface area (Å²) in [5.41, 5.74) is -2.97. The van der Waals surface area contributed by atoms with E-state index in [0.717, 1.165) is 0 Å². The predicted molar refractivity (Wildman–Crippen MR) is 132 cm³/mol. The molecule has 0 aromatic rings. The molecule has 0 unspecified atom stereocenters. The molecule has 10 atom stereocenters. The van der Waals surface area contributed by atoms with E-state index >= 15 is 0 Å². The lowest BCUT2D eigenvalue weighted by Crippen LogP contribution is -2.50. The fraction of sp³-hybridized carbons (Fsp3) is 0.759. The SMILES string of the molecule is CC1=C/C(=C/[C@@H](C)[C@H]2OC(=O)C[C@@]2(C)[C@H]2C[C@]3(O)C[C@]45OC(=O)C[C@H]4OC(C)(C)[C@@H]5CC[C@@H]3[C@H]2O)OC1=O. The average molecular weight is 531 g/mol. The number of ether oxygens (including phenoxy) is 4. The molecule has 3 saturated heterocycles. The lowest BCUT2D eigenvalue weighted by Gasteiger charge is -2.40. The van der Waals surface area contributed by atoms with Gasteiger partial charge in [0.1, 0.15) is 23.6 Å². The van der Waals surface area contributed by atoms with Crippen molar-refractivity contribution in [3.05, 3.63) is 23.5 Å². The first-order valence-corrected chi connectivity index (χ1v) is 13.8. The zero-order valence-corrected chi connectivity index (χ0v) is 22.7. The molecule has 6 aliphatic rings. The Labute approximate surface area is 222 Å². The second-order valence-electron chi connectivity index (χ2n) is 13.4. The average Bonchev–Trinajstić information content (AvgIpc) is 3.47. The van der Waals surface area contributed by atoms with Gasteiger partial charge in [0.25, 0.3) is 0 Å². The lowest BCUT2D eigenvalue weighted by atomic mass is 9.65. The number of aliphatic hydroxyl groups is 2. The lowest BCUT2D eigenvalue weighted by molar-refractivity contribution is -0.160. The number of hydrogen-bond donors (Lipinski definition) is 2. The number of cyclic esters (lactones) is 2. The van der Waals surface area contributed by atoms with Crippen molar-refractivity contribution in [1.82, 2.24) is 0 Å². The molecule has 2 saturated carbocycles. The van der Waals surface area contributed by atoms with Gasteiger partial charge in [-0.05, 0) is 58.1 Å². The topological polar surface area (TPSA) is 129 Å². The summed E-state index contributed by atoms with van der Waals surface area (Å²) in [7, 11) is 0. The first-order chi connectivity index (χ1) is 17.7. The largest absolute Gasteiger partial charge is 0.461 e. The van der Waals surface area contributed by atoms with Crippen molar-refractivity contribution in [2.45, 2.75) is 108 Å². The highest BCUT2D eigenvalue weighted by molar-refractivity contribution is 5.92. The Bertz CT molecular complexity index is 1150. The molecule has 9 nitrogen and oxygen atoms in total. The molecule has 38 heavy (non-hydrogen) atoms. The molecule has 0 bridgehead atoms. The molecule has 6 rings (SSSR count). The van der Waals surface area contributed by atoms with Crippen LogP contribution in [0.25, 0.3) is 0 Å². The maximum atomic E-state index is 12.7. The van der Waals surface area contributed by atoms with Gasteiger partial charge in [-0.15, -0.1) is 0 Å². The first-order valence-electron chi connectivity index (χ1n) is 13.8. The van der Waals surface area contributed by atoms with Gasteiger partial charge in [-0.25, -0.2) is 4.79 Å². The third kappa shape index (κ3) is 3.57. The van der Waals surface area contributed by atoms with Crippen molar-refractivity contribution in [1.29, 1.82) is 0 Å². The van der Waals surface area contributed by atoms with E-state index in [2.05, 4.69) is 0 Å². The maximum absolute atomic E-state index is 12.7. The zero-order chi connectivity index (χ0) is 27.4. The fourth-order valence-electron chi connectivity index (χ4n) is 9.02. The third-order valence-corrected chi connectivity index (χ3v) is 10.6. The summed E-state index contributed by atoms with van der Waals surface area (Å²) >= 11 is 0. The Balaban J connectivity index is 1.31. The van der Waals surface area contributed by atoms with Crippen LogP contribution >= 0.6 is 0 Å². The summed E-state index contributed by atoms with van der Waals surface area (Å²) in [6, 6.07) is 0. The summed E-state index contributed by atoms with van der Waals surface area (Å²) in [5, 5.41) is 24.0. The summed E-state index contributed by atoms with van der Waals surface area (Å²) in [6.45, 7) is 9.56. The molecular formula is C29H38O9. The molecule has 2 aliphatic carbocycles. The van der Waals surface area contributed by atoms with Crippen LogP contribution in [0.4, 0.5) is 0 Å². The van der Waals surface area contributed by atoms with Crippen LogP contribution in [0.1, 0.15) is 73.1 Å². The number of fused-ring (bicyclic) bond motifs is 1. The molecular weight excluding hydrogens is 492 g/mol. The van der Waals surface area contributed by atoms with E-state index in [4.69, 9.17) is 18.9 Å². The van der Waals surface area contributed by atoms with Crippen molar-refractivity contribution in [3.8, 4) is 0 Å². The van der Waals surface area contributed by atoms with Crippen molar-refractivity contribution < 1.29 is 43.5 Å². The Morgan fingerprint density at radius 1 is 1.11 bits per heavy atom. The number of carbonyl (C=O) groups excluding carboxylic acids is 3. The first kappa shape index (κ1) is 26.0. The summed E-state index contributed by atoms with van der Waals surface area (Å²) in [4.78, 5) is 36.9. The molecule has 0 aromatic carbocycles. The van der Waals surface area contributed by atoms with Crippen molar-refractivity contribution >= 4 is 17.9 Å². The summed E-state index contributed by atoms with van der Waals surface area (Å²) in [6.07, 6.45) is 3.57. The number of carbonyl (C=O) groups is 3. The number of allylic oxidation sites excluding steroid dienone is 1. The minimum absolute atomic E-state index is 0.0799. The van der Waals surface area contributed by atoms with Gasteiger partial charge < -0.3 is 29.2 Å². The highest BCUT2D eigenvalue weighted by Gasteiger charge is 2.72. The van der Waals surface area contributed by atoms with E-state index in [1.54, 1.807) is 19.1 Å². The second kappa shape index (κ2) is 8.15. The van der Waals surface area contributed by atoms with Gasteiger partial charge in [0.15, 0.2) is 0 Å². The van der Waals surface area contributed by atoms with Gasteiger partial charge in [0.05, 0.1) is 30.1 Å². The third-order valence-electron chi connectivity index (χ3n) is 10.6. The molecule has 4 heterocycles. The standard InChI is InChI=1S/C29H38O9/c1-14(8-16-9-15(2)25(33)35-16)24-27(5,12-22(31)36-24)18-11-28(34)13-29-19(7-6-17(28)23(18)32)26(3,4)37-20(29)10-21(30)38-29/h8-9,14,17-20,23-24,32,34H,6-7,10-13H2,1-5H3/b16-8-/t14-,17-,18+,19+,20-,23-,24-,27+,28+,29-/m1/s1. The van der Waals surface area contributed by atoms with E-state index in [1.165, 1.54) is 0 Å². The highest BCUT2D eigenvalue weighted by atomic mass is 16.6. The predicted octanol–water partition coefficient (Wildman–Crippen LogP) is 2.72. The van der Waals surface area contributed by atoms with Crippen LogP contribution in [0.15, 0.2) is 23.5 Å². The monoisotopic (exact) mass is 530 g/mol. The number of rotatable bonds is 3. The molecule has 0 amide bonds. The Hall–Kier alpha value is -2.23. The van der Waals surface area contributed by atoms with E-state index in [0.29, 0.717) is 24.2 Å². The van der Waals surface area contributed by atoms with Crippen LogP contribution in [-0.4, -0.2) is 63.2 Å². The van der Waals surface area contributed by atoms with E-state index < -0.39 is 58.3 Å². The van der Waals surface area contributed by atoms with Crippen LogP contribution in [0.3, 0.4) is 0 Å². The van der Waals surface area contributed by atoms with E-state index in [9.17, 15) is 24.6 Å². The minimum atomic E-state index is -1.28. The van der Waals surface area contributed by atoms with Gasteiger partial charge in [0, 0.05) is 35.2 Å². The quantitative estimate of drug-likeness (QED) is 0.418. The molecule has 2 N–H and O–H groups in total. The zero-order valence-electron chi connectivity index (χ0n) is 22.7. The molecule has 4 aliphatic heterocycles. The van der Waals surface area contributed by atoms with Gasteiger partial charge >= 0.3 is 17.9 Å². The number of esters is 3. The fourth-order valence-corrected chi connectivity index (χ4v) is 9.02. The van der Waals surface area contributed by atoms with Gasteiger partial charge in [0.2, 0.25) is 0 Å². The van der Waals surface area contributed by atoms with Gasteiger partial charge in [-0.3, -0.25) is 9.59 Å². The normalized spacial score (nSPS) is 49.1. The summed E-state index contributed by atoms with van der Waals surface area (Å²) < 4.78 is 23.5. The minimum Gasteiger partial charge on any atom is -0.461 e. The van der Waals surface area contributed by atoms with Crippen LogP contribution < -0.4 is 0 Å². The van der Waals surface area contributed by atoms with Crippen LogP contribution in [-0.2, 0) is 33.3 Å². The smallest absolute Gasteiger partial charge is 0.339 e. The van der Waals surface area contributed by atoms with Gasteiger partial charge in [-0.2, -0.15) is 0 Å². The maximum Gasteiger partial charge on any atom is 0.339 e. The van der Waals surface area contributed by atoms with Gasteiger partial charge in [-0.1, -0.05) is 13.8 Å². The molecule has 0 radical (unpaired) electrons. The van der Waals surface area contributed by atoms with Crippen LogP contribution in [0, 0.1) is 29.1 Å². The van der Waals surface area contributed by atoms with Crippen molar-refractivity contribution in [3.63, 3.8) is 0 Å². The Morgan fingerprint density at radius 2 is 1.84 bits per heavy atom. The molecule has 0 aromatic heterocycles. The van der Waals surface area contributed by atoms with E-state index in [1.807, 2.05) is 27.7 Å². The molecule has 208 valence electrons. The second-order valence-corrected chi connectivity index (χ2v) is 13.4. The summed E-state index contributed by atoms with van der Waals surface area (Å²) in [5.74, 6) is -1.86. The van der Waals surface area contributed by atoms with E-state index in [-0.39, 0.29) is 49.5 Å². The number of aliphatic hydroxyl groups excluding tert-OH is 1. The number of hydrogen-bond acceptors (Lipinski definition) is 9. The Morgan fingerprint density at radius 3 is 2.53 bits per heavy atom. The Kier molecular flexibility index (Phi) is 5.58. The molecule has 9 heteroatoms. The van der Waals surface area contributed by atoms with Crippen molar-refractivity contribution in [2.24, 2.45) is 29.1 Å². The molecule has 1 spiro atoms. The van der Waals surface area contributed by atoms with Crippen molar-refractivity contribution in [2.75, 3.05) is 0 Å². The van der Waals surface area contributed by atoms with Crippen LogP contribution in [0.2, 0.25) is 0 Å². The highest BCUT2D eigenvalue weighted by Crippen LogP contribution is 2.64.